The molecule has 0 radical (unpaired) electrons. The predicted molar refractivity (Wildman–Crippen MR) is 116 cm³/mol. The summed E-state index contributed by atoms with van der Waals surface area (Å²) in [5.41, 5.74) is 2.18. The van der Waals surface area contributed by atoms with Crippen LogP contribution in [-0.4, -0.2) is 42.5 Å². The minimum Gasteiger partial charge on any atom is -0.501 e. The highest BCUT2D eigenvalue weighted by Gasteiger charge is 2.22. The van der Waals surface area contributed by atoms with E-state index in [1.165, 1.54) is 24.1 Å². The highest BCUT2D eigenvalue weighted by atomic mass is 16.5. The van der Waals surface area contributed by atoms with E-state index in [-0.39, 0.29) is 17.3 Å². The lowest BCUT2D eigenvalue weighted by Crippen LogP contribution is -2.31. The number of rotatable bonds is 6. The van der Waals surface area contributed by atoms with Crippen molar-refractivity contribution in [2.45, 2.75) is 6.54 Å². The Labute approximate surface area is 182 Å². The highest BCUT2D eigenvalue weighted by molar-refractivity contribution is 6.04. The smallest absolute Gasteiger partial charge is 0.297 e. The van der Waals surface area contributed by atoms with Crippen molar-refractivity contribution >= 4 is 17.5 Å². The van der Waals surface area contributed by atoms with Gasteiger partial charge in [0.15, 0.2) is 5.69 Å². The molecule has 11 heteroatoms. The molecule has 0 unspecified atom stereocenters. The molecule has 11 nitrogen and oxygen atoms in total. The molecule has 0 fully saturated rings. The number of hydrogen-bond donors (Lipinski definition) is 2. The van der Waals surface area contributed by atoms with E-state index in [0.29, 0.717) is 6.54 Å². The predicted octanol–water partition coefficient (Wildman–Crippen LogP) is 1.76. The first-order chi connectivity index (χ1) is 15.3. The third-order valence-corrected chi connectivity index (χ3v) is 4.90. The van der Waals surface area contributed by atoms with Gasteiger partial charge in [0, 0.05) is 39.4 Å². The number of aryl methyl sites for hydroxylation is 1. The zero-order chi connectivity index (χ0) is 22.8. The molecule has 0 aliphatic heterocycles. The minimum atomic E-state index is -0.751. The van der Waals surface area contributed by atoms with E-state index in [0.717, 1.165) is 16.7 Å². The Morgan fingerprint density at radius 3 is 2.56 bits per heavy atom. The fraction of sp³-hybridized carbons (Fsp3) is 0.190. The number of hydrogen-bond acceptors (Lipinski definition) is 8. The van der Waals surface area contributed by atoms with E-state index < -0.39 is 17.2 Å². The molecule has 0 atom stereocenters. The molecule has 0 aliphatic carbocycles. The molecule has 0 spiro atoms. The second-order valence-electron chi connectivity index (χ2n) is 7.30. The summed E-state index contributed by atoms with van der Waals surface area (Å²) >= 11 is 0. The Balaban J connectivity index is 1.57. The third kappa shape index (κ3) is 4.08. The summed E-state index contributed by atoms with van der Waals surface area (Å²) in [7, 11) is 5.09. The van der Waals surface area contributed by atoms with Gasteiger partial charge in [-0.25, -0.2) is 4.98 Å². The van der Waals surface area contributed by atoms with Crippen LogP contribution in [0.5, 0.6) is 5.75 Å². The fourth-order valence-electron chi connectivity index (χ4n) is 3.25. The number of aromatic nitrogens is 5. The number of benzene rings is 1. The van der Waals surface area contributed by atoms with Crippen molar-refractivity contribution in [1.82, 2.24) is 24.5 Å². The van der Waals surface area contributed by atoms with Crippen LogP contribution in [0.4, 0.5) is 11.6 Å². The van der Waals surface area contributed by atoms with Gasteiger partial charge in [-0.15, -0.1) is 0 Å². The van der Waals surface area contributed by atoms with Gasteiger partial charge in [-0.05, 0) is 11.1 Å². The van der Waals surface area contributed by atoms with Gasteiger partial charge in [0.25, 0.3) is 11.5 Å². The summed E-state index contributed by atoms with van der Waals surface area (Å²) in [6, 6.07) is 7.91. The van der Waals surface area contributed by atoms with E-state index >= 15 is 0 Å². The second kappa shape index (κ2) is 8.38. The Kier molecular flexibility index (Phi) is 5.46. The van der Waals surface area contributed by atoms with Crippen LogP contribution < -0.4 is 15.8 Å². The van der Waals surface area contributed by atoms with Crippen molar-refractivity contribution in [3.8, 4) is 16.9 Å². The van der Waals surface area contributed by atoms with Crippen LogP contribution >= 0.6 is 0 Å². The number of carbonyl (C=O) groups is 1. The average Bonchev–Trinajstić information content (AvgIpc) is 3.44. The van der Waals surface area contributed by atoms with Crippen LogP contribution in [0.2, 0.25) is 0 Å². The second-order valence-corrected chi connectivity index (χ2v) is 7.30. The monoisotopic (exact) mass is 435 g/mol. The lowest BCUT2D eigenvalue weighted by molar-refractivity contribution is 0.101. The average molecular weight is 435 g/mol. The summed E-state index contributed by atoms with van der Waals surface area (Å²) in [6.07, 6.45) is 6.24. The van der Waals surface area contributed by atoms with Gasteiger partial charge in [0.05, 0.1) is 12.4 Å². The van der Waals surface area contributed by atoms with E-state index in [1.54, 1.807) is 22.8 Å². The van der Waals surface area contributed by atoms with Gasteiger partial charge >= 0.3 is 0 Å². The maximum atomic E-state index is 12.5. The highest BCUT2D eigenvalue weighted by Crippen LogP contribution is 2.21. The number of nitrogens with zero attached hydrogens (tertiary/aromatic N) is 6. The lowest BCUT2D eigenvalue weighted by Gasteiger charge is -2.21. The maximum Gasteiger partial charge on any atom is 0.297 e. The molecule has 4 aromatic rings. The van der Waals surface area contributed by atoms with Crippen LogP contribution in [0, 0.1) is 0 Å². The Hall–Kier alpha value is -4.41. The summed E-state index contributed by atoms with van der Waals surface area (Å²) in [5.74, 6) is -1.27. The van der Waals surface area contributed by atoms with Crippen molar-refractivity contribution in [3.05, 3.63) is 70.7 Å². The third-order valence-electron chi connectivity index (χ3n) is 4.90. The Bertz CT molecular complexity index is 1310. The molecular formula is C21H21N7O4. The summed E-state index contributed by atoms with van der Waals surface area (Å²) in [5, 5.41) is 20.3. The number of amides is 1. The molecule has 3 heterocycles. The molecule has 1 aromatic carbocycles. The topological polar surface area (TPSA) is 131 Å². The first-order valence-corrected chi connectivity index (χ1v) is 9.63. The molecule has 164 valence electrons. The molecule has 0 saturated carbocycles. The number of carbonyl (C=O) groups excluding carboxylic acids is 1. The van der Waals surface area contributed by atoms with Crippen LogP contribution in [0.25, 0.3) is 11.1 Å². The molecule has 1 amide bonds. The molecule has 0 saturated heterocycles. The van der Waals surface area contributed by atoms with Gasteiger partial charge in [0.2, 0.25) is 11.7 Å². The van der Waals surface area contributed by atoms with Crippen LogP contribution in [-0.2, 0) is 20.6 Å². The van der Waals surface area contributed by atoms with Crippen LogP contribution in [0.1, 0.15) is 16.1 Å². The van der Waals surface area contributed by atoms with Crippen molar-refractivity contribution in [3.63, 3.8) is 0 Å². The summed E-state index contributed by atoms with van der Waals surface area (Å²) < 4.78 is 7.60. The number of aromatic hydroxyl groups is 1. The van der Waals surface area contributed by atoms with E-state index in [4.69, 9.17) is 0 Å². The first-order valence-electron chi connectivity index (χ1n) is 9.63. The molecule has 2 N–H and O–H groups in total. The van der Waals surface area contributed by atoms with Gasteiger partial charge in [-0.3, -0.25) is 18.8 Å². The zero-order valence-corrected chi connectivity index (χ0v) is 17.7. The first kappa shape index (κ1) is 20.8. The molecule has 0 bridgehead atoms. The summed E-state index contributed by atoms with van der Waals surface area (Å²) in [4.78, 5) is 31.0. The lowest BCUT2D eigenvalue weighted by atomic mass is 10.1. The Morgan fingerprint density at radius 1 is 1.19 bits per heavy atom. The standard InChI is InChI=1S/C21H21N7O4/c1-26(10-13-4-6-14(7-5-13)15-8-22-27(2)11-15)21-25-17(18(29)20(31)28(21)3)19(30)24-16-9-23-32-12-16/h4-9,11-12,29H,10H2,1-3H3,(H,24,30). The van der Waals surface area contributed by atoms with Gasteiger partial charge < -0.3 is 19.8 Å². The van der Waals surface area contributed by atoms with E-state index in [1.807, 2.05) is 37.5 Å². The molecule has 0 aliphatic rings. The quantitative estimate of drug-likeness (QED) is 0.468. The van der Waals surface area contributed by atoms with Crippen LogP contribution in [0.3, 0.4) is 0 Å². The molecule has 32 heavy (non-hydrogen) atoms. The van der Waals surface area contributed by atoms with Gasteiger partial charge in [-0.2, -0.15) is 5.10 Å². The molecule has 3 aromatic heterocycles. The molecular weight excluding hydrogens is 414 g/mol. The maximum absolute atomic E-state index is 12.5. The summed E-state index contributed by atoms with van der Waals surface area (Å²) in [6.45, 7) is 0.422. The minimum absolute atomic E-state index is 0.222. The zero-order valence-electron chi connectivity index (χ0n) is 17.7. The largest absolute Gasteiger partial charge is 0.501 e. The Morgan fingerprint density at radius 2 is 1.94 bits per heavy atom. The molecule has 4 rings (SSSR count). The van der Waals surface area contributed by atoms with E-state index in [9.17, 15) is 14.7 Å². The number of anilines is 2. The normalized spacial score (nSPS) is 10.8. The van der Waals surface area contributed by atoms with Crippen molar-refractivity contribution in [2.75, 3.05) is 17.3 Å². The van der Waals surface area contributed by atoms with Crippen molar-refractivity contribution < 1.29 is 14.4 Å². The van der Waals surface area contributed by atoms with Crippen molar-refractivity contribution in [2.24, 2.45) is 14.1 Å². The van der Waals surface area contributed by atoms with Gasteiger partial charge in [-0.1, -0.05) is 29.4 Å². The number of nitrogens with one attached hydrogen (secondary N) is 1. The SMILES string of the molecule is CN(Cc1ccc(-c2cnn(C)c2)cc1)c1nc(C(=O)Nc2cnoc2)c(O)c(=O)n1C. The van der Waals surface area contributed by atoms with Gasteiger partial charge in [0.1, 0.15) is 12.0 Å². The van der Waals surface area contributed by atoms with E-state index in [2.05, 4.69) is 25.1 Å². The fourth-order valence-corrected chi connectivity index (χ4v) is 3.25. The van der Waals surface area contributed by atoms with Crippen molar-refractivity contribution in [1.29, 1.82) is 0 Å². The van der Waals surface area contributed by atoms with Crippen LogP contribution in [0.15, 0.2) is 58.4 Å².